The molecule has 20 heavy (non-hydrogen) atoms. The minimum atomic E-state index is -0.689. The van der Waals surface area contributed by atoms with Crippen LogP contribution in [0, 0.1) is 11.6 Å². The maximum Gasteiger partial charge on any atom is 0.227 e. The Balaban J connectivity index is 2.00. The minimum Gasteiger partial charge on any atom is -0.340 e. The van der Waals surface area contributed by atoms with E-state index in [1.807, 2.05) is 11.4 Å². The Morgan fingerprint density at radius 1 is 1.35 bits per heavy atom. The van der Waals surface area contributed by atoms with Gasteiger partial charge in [0.25, 0.3) is 0 Å². The summed E-state index contributed by atoms with van der Waals surface area (Å²) >= 11 is 4.89. The van der Waals surface area contributed by atoms with E-state index in [0.717, 1.165) is 21.5 Å². The molecule has 1 heterocycles. The minimum absolute atomic E-state index is 0.0742. The van der Waals surface area contributed by atoms with Crippen LogP contribution < -0.4 is 0 Å². The Bertz CT molecular complexity index is 629. The summed E-state index contributed by atoms with van der Waals surface area (Å²) in [6, 6.07) is 5.19. The highest BCUT2D eigenvalue weighted by Gasteiger charge is 2.14. The zero-order chi connectivity index (χ0) is 14.7. The monoisotopic (exact) mass is 359 g/mol. The van der Waals surface area contributed by atoms with E-state index in [1.165, 1.54) is 11.0 Å². The van der Waals surface area contributed by atoms with Crippen LogP contribution in [0.5, 0.6) is 0 Å². The quantitative estimate of drug-likeness (QED) is 0.808. The summed E-state index contributed by atoms with van der Waals surface area (Å²) in [5, 5.41) is 1.94. The second-order valence-corrected chi connectivity index (χ2v) is 6.31. The molecule has 0 aliphatic rings. The van der Waals surface area contributed by atoms with Crippen molar-refractivity contribution in [3.05, 3.63) is 56.2 Å². The molecule has 1 amide bonds. The van der Waals surface area contributed by atoms with Crippen LogP contribution in [0.15, 0.2) is 34.1 Å². The summed E-state index contributed by atoms with van der Waals surface area (Å²) in [6.45, 7) is 0.470. The third kappa shape index (κ3) is 3.86. The van der Waals surface area contributed by atoms with Gasteiger partial charge >= 0.3 is 0 Å². The summed E-state index contributed by atoms with van der Waals surface area (Å²) in [5.74, 6) is -1.54. The molecule has 0 aliphatic heterocycles. The zero-order valence-corrected chi connectivity index (χ0v) is 13.1. The van der Waals surface area contributed by atoms with Crippen molar-refractivity contribution in [2.45, 2.75) is 13.0 Å². The van der Waals surface area contributed by atoms with Crippen LogP contribution >= 0.6 is 27.3 Å². The van der Waals surface area contributed by atoms with Gasteiger partial charge in [-0.15, -0.1) is 11.3 Å². The first kappa shape index (κ1) is 15.1. The SMILES string of the molecule is CN(Cc1cc(Br)cs1)C(=O)Cc1ccc(F)cc1F. The van der Waals surface area contributed by atoms with Crippen LogP contribution in [-0.4, -0.2) is 17.9 Å². The first-order chi connectivity index (χ1) is 9.45. The van der Waals surface area contributed by atoms with Crippen molar-refractivity contribution in [3.8, 4) is 0 Å². The van der Waals surface area contributed by atoms with Gasteiger partial charge in [-0.3, -0.25) is 4.79 Å². The first-order valence-electron chi connectivity index (χ1n) is 5.86. The van der Waals surface area contributed by atoms with E-state index >= 15 is 0 Å². The first-order valence-corrected chi connectivity index (χ1v) is 7.54. The van der Waals surface area contributed by atoms with Crippen molar-refractivity contribution in [2.24, 2.45) is 0 Å². The van der Waals surface area contributed by atoms with E-state index in [4.69, 9.17) is 0 Å². The molecule has 106 valence electrons. The highest BCUT2D eigenvalue weighted by atomic mass is 79.9. The number of nitrogens with zero attached hydrogens (tertiary/aromatic N) is 1. The largest absolute Gasteiger partial charge is 0.340 e. The Hall–Kier alpha value is -1.27. The van der Waals surface area contributed by atoms with Gasteiger partial charge in [-0.05, 0) is 33.6 Å². The second-order valence-electron chi connectivity index (χ2n) is 4.39. The fraction of sp³-hybridized carbons (Fsp3) is 0.214. The fourth-order valence-corrected chi connectivity index (χ4v) is 3.23. The van der Waals surface area contributed by atoms with Crippen LogP contribution in [-0.2, 0) is 17.8 Å². The van der Waals surface area contributed by atoms with Gasteiger partial charge in [0, 0.05) is 27.8 Å². The number of carbonyl (C=O) groups is 1. The summed E-state index contributed by atoms with van der Waals surface area (Å²) in [6.07, 6.45) is -0.0742. The number of hydrogen-bond acceptors (Lipinski definition) is 2. The summed E-state index contributed by atoms with van der Waals surface area (Å²) in [4.78, 5) is 14.6. The lowest BCUT2D eigenvalue weighted by Gasteiger charge is -2.16. The number of amides is 1. The Morgan fingerprint density at radius 2 is 2.10 bits per heavy atom. The van der Waals surface area contributed by atoms with Gasteiger partial charge in [0.1, 0.15) is 11.6 Å². The molecule has 0 spiro atoms. The molecular weight excluding hydrogens is 348 g/mol. The average molecular weight is 360 g/mol. The zero-order valence-electron chi connectivity index (χ0n) is 10.7. The van der Waals surface area contributed by atoms with E-state index in [2.05, 4.69) is 15.9 Å². The van der Waals surface area contributed by atoms with Crippen LogP contribution in [0.3, 0.4) is 0 Å². The van der Waals surface area contributed by atoms with Gasteiger partial charge in [0.15, 0.2) is 0 Å². The molecule has 1 aromatic carbocycles. The van der Waals surface area contributed by atoms with Gasteiger partial charge in [0.2, 0.25) is 5.91 Å². The van der Waals surface area contributed by atoms with E-state index in [-0.39, 0.29) is 17.9 Å². The molecule has 0 fully saturated rings. The van der Waals surface area contributed by atoms with Crippen LogP contribution in [0.2, 0.25) is 0 Å². The van der Waals surface area contributed by atoms with Gasteiger partial charge < -0.3 is 4.90 Å². The molecule has 2 nitrogen and oxygen atoms in total. The van der Waals surface area contributed by atoms with Crippen molar-refractivity contribution in [1.82, 2.24) is 4.90 Å². The van der Waals surface area contributed by atoms with Crippen molar-refractivity contribution >= 4 is 33.2 Å². The molecule has 0 atom stereocenters. The van der Waals surface area contributed by atoms with Gasteiger partial charge in [-0.25, -0.2) is 8.78 Å². The third-order valence-electron chi connectivity index (χ3n) is 2.80. The Morgan fingerprint density at radius 3 is 2.70 bits per heavy atom. The molecule has 0 N–H and O–H groups in total. The topological polar surface area (TPSA) is 20.3 Å². The smallest absolute Gasteiger partial charge is 0.227 e. The number of benzene rings is 1. The number of likely N-dealkylation sites (N-methyl/N-ethyl adjacent to an activating group) is 1. The predicted octanol–water partition coefficient (Wildman–Crippen LogP) is 3.99. The molecule has 2 aromatic rings. The standard InChI is InChI=1S/C14H12BrF2NOS/c1-18(7-12-5-10(15)8-20-12)14(19)4-9-2-3-11(16)6-13(9)17/h2-3,5-6,8H,4,7H2,1H3. The van der Waals surface area contributed by atoms with Crippen molar-refractivity contribution in [2.75, 3.05) is 7.05 Å². The number of hydrogen-bond donors (Lipinski definition) is 0. The summed E-state index contributed by atoms with van der Waals surface area (Å²) in [7, 11) is 1.66. The Labute approximate surface area is 128 Å². The predicted molar refractivity (Wildman–Crippen MR) is 78.6 cm³/mol. The second kappa shape index (κ2) is 6.45. The lowest BCUT2D eigenvalue weighted by molar-refractivity contribution is -0.129. The molecule has 0 bridgehead atoms. The maximum atomic E-state index is 13.5. The van der Waals surface area contributed by atoms with Gasteiger partial charge in [-0.1, -0.05) is 6.07 Å². The lowest BCUT2D eigenvalue weighted by Crippen LogP contribution is -2.27. The van der Waals surface area contributed by atoms with E-state index in [0.29, 0.717) is 6.54 Å². The van der Waals surface area contributed by atoms with Gasteiger partial charge in [-0.2, -0.15) is 0 Å². The third-order valence-corrected chi connectivity index (χ3v) is 4.48. The number of rotatable bonds is 4. The number of carbonyl (C=O) groups excluding carboxylic acids is 1. The highest BCUT2D eigenvalue weighted by Crippen LogP contribution is 2.21. The Kier molecular flexibility index (Phi) is 4.88. The lowest BCUT2D eigenvalue weighted by atomic mass is 10.1. The van der Waals surface area contributed by atoms with Crippen LogP contribution in [0.4, 0.5) is 8.78 Å². The highest BCUT2D eigenvalue weighted by molar-refractivity contribution is 9.10. The van der Waals surface area contributed by atoms with Crippen molar-refractivity contribution in [3.63, 3.8) is 0 Å². The van der Waals surface area contributed by atoms with Crippen LogP contribution in [0.25, 0.3) is 0 Å². The van der Waals surface area contributed by atoms with E-state index in [9.17, 15) is 13.6 Å². The molecule has 0 saturated carbocycles. The fourth-order valence-electron chi connectivity index (χ4n) is 1.72. The van der Waals surface area contributed by atoms with Gasteiger partial charge in [0.05, 0.1) is 13.0 Å². The van der Waals surface area contributed by atoms with Crippen molar-refractivity contribution < 1.29 is 13.6 Å². The molecule has 0 aliphatic carbocycles. The number of thiophene rings is 1. The molecule has 1 aromatic heterocycles. The normalized spacial score (nSPS) is 10.6. The number of halogens is 3. The molecule has 0 radical (unpaired) electrons. The molecule has 0 saturated heterocycles. The van der Waals surface area contributed by atoms with Crippen molar-refractivity contribution in [1.29, 1.82) is 0 Å². The molecular formula is C14H12BrF2NOS. The van der Waals surface area contributed by atoms with E-state index < -0.39 is 11.6 Å². The van der Waals surface area contributed by atoms with E-state index in [1.54, 1.807) is 18.4 Å². The molecule has 2 rings (SSSR count). The average Bonchev–Trinajstić information content (AvgIpc) is 2.78. The maximum absolute atomic E-state index is 13.5. The summed E-state index contributed by atoms with van der Waals surface area (Å²) in [5.41, 5.74) is 0.204. The molecule has 0 unspecified atom stereocenters. The molecule has 6 heteroatoms. The summed E-state index contributed by atoms with van der Waals surface area (Å²) < 4.78 is 27.3. The van der Waals surface area contributed by atoms with Crippen LogP contribution in [0.1, 0.15) is 10.4 Å².